The van der Waals surface area contributed by atoms with E-state index in [4.69, 9.17) is 0 Å². The predicted molar refractivity (Wildman–Crippen MR) is 87.5 cm³/mol. The first-order valence-electron chi connectivity index (χ1n) is 7.78. The molecule has 1 aromatic heterocycles. The van der Waals surface area contributed by atoms with Gasteiger partial charge in [-0.05, 0) is 30.0 Å². The highest BCUT2D eigenvalue weighted by molar-refractivity contribution is 5.85. The number of aromatic amines is 1. The molecule has 0 spiro atoms. The minimum absolute atomic E-state index is 0.463. The summed E-state index contributed by atoms with van der Waals surface area (Å²) in [6, 6.07) is 19.9. The summed E-state index contributed by atoms with van der Waals surface area (Å²) in [6.45, 7) is 1.07. The topological polar surface area (TPSA) is 27.8 Å². The van der Waals surface area contributed by atoms with Gasteiger partial charge in [0.2, 0.25) is 0 Å². The summed E-state index contributed by atoms with van der Waals surface area (Å²) in [7, 11) is 0. The number of hydrogen-bond donors (Lipinski definition) is 2. The maximum atomic E-state index is 3.70. The Kier molecular flexibility index (Phi) is 3.24. The van der Waals surface area contributed by atoms with Gasteiger partial charge in [-0.1, -0.05) is 48.5 Å². The summed E-state index contributed by atoms with van der Waals surface area (Å²) in [5.41, 5.74) is 5.61. The number of aryl methyl sites for hydroxylation is 1. The van der Waals surface area contributed by atoms with Gasteiger partial charge < -0.3 is 10.3 Å². The Morgan fingerprint density at radius 2 is 1.76 bits per heavy atom. The van der Waals surface area contributed by atoms with Crippen LogP contribution in [0.5, 0.6) is 0 Å². The fourth-order valence-corrected chi connectivity index (χ4v) is 3.49. The third-order valence-corrected chi connectivity index (χ3v) is 4.51. The molecule has 1 aliphatic rings. The number of rotatable bonds is 3. The van der Waals surface area contributed by atoms with Gasteiger partial charge in [0.1, 0.15) is 0 Å². The first kappa shape index (κ1) is 12.7. The Bertz CT molecular complexity index is 743. The molecule has 0 fully saturated rings. The van der Waals surface area contributed by atoms with Crippen LogP contribution >= 0.6 is 0 Å². The highest BCUT2D eigenvalue weighted by Gasteiger charge is 2.23. The lowest BCUT2D eigenvalue weighted by molar-refractivity contribution is 0.476. The zero-order valence-electron chi connectivity index (χ0n) is 12.1. The molecule has 2 heteroatoms. The van der Waals surface area contributed by atoms with Crippen molar-refractivity contribution in [2.24, 2.45) is 0 Å². The van der Waals surface area contributed by atoms with Gasteiger partial charge in [0.15, 0.2) is 0 Å². The Labute approximate surface area is 125 Å². The number of para-hydroxylation sites is 1. The number of nitrogens with one attached hydrogen (secondary N) is 2. The van der Waals surface area contributed by atoms with Crippen molar-refractivity contribution in [2.45, 2.75) is 25.3 Å². The Hall–Kier alpha value is -2.06. The monoisotopic (exact) mass is 276 g/mol. The molecule has 0 bridgehead atoms. The molecule has 0 saturated carbocycles. The van der Waals surface area contributed by atoms with Gasteiger partial charge in [0.05, 0.1) is 0 Å². The van der Waals surface area contributed by atoms with Crippen molar-refractivity contribution in [2.75, 3.05) is 6.54 Å². The molecular weight excluding hydrogens is 256 g/mol. The molecule has 2 aromatic carbocycles. The number of H-pyrrole nitrogens is 1. The summed E-state index contributed by atoms with van der Waals surface area (Å²) >= 11 is 0. The fraction of sp³-hybridized carbons (Fsp3) is 0.263. The highest BCUT2D eigenvalue weighted by Crippen LogP contribution is 2.33. The molecule has 1 aliphatic heterocycles. The fourth-order valence-electron chi connectivity index (χ4n) is 3.49. The van der Waals surface area contributed by atoms with Crippen LogP contribution in [-0.2, 0) is 12.8 Å². The highest BCUT2D eigenvalue weighted by atomic mass is 14.9. The van der Waals surface area contributed by atoms with E-state index in [-0.39, 0.29) is 0 Å². The number of hydrogen-bond acceptors (Lipinski definition) is 1. The van der Waals surface area contributed by atoms with Crippen molar-refractivity contribution < 1.29 is 0 Å². The molecule has 106 valence electrons. The smallest absolute Gasteiger partial charge is 0.0459 e. The van der Waals surface area contributed by atoms with E-state index in [1.807, 2.05) is 0 Å². The van der Waals surface area contributed by atoms with Crippen molar-refractivity contribution >= 4 is 10.9 Å². The molecular formula is C19H20N2. The summed E-state index contributed by atoms with van der Waals surface area (Å²) in [6.07, 6.45) is 3.38. The van der Waals surface area contributed by atoms with E-state index in [1.54, 1.807) is 0 Å². The van der Waals surface area contributed by atoms with Crippen molar-refractivity contribution in [1.29, 1.82) is 0 Å². The maximum Gasteiger partial charge on any atom is 0.0459 e. The first-order chi connectivity index (χ1) is 10.4. The van der Waals surface area contributed by atoms with E-state index < -0.39 is 0 Å². The molecule has 0 radical (unpaired) electrons. The largest absolute Gasteiger partial charge is 0.358 e. The normalized spacial score (nSPS) is 17.8. The lowest BCUT2D eigenvalue weighted by Crippen LogP contribution is -2.29. The van der Waals surface area contributed by atoms with Crippen LogP contribution in [0.3, 0.4) is 0 Å². The molecule has 1 unspecified atom stereocenters. The van der Waals surface area contributed by atoms with Gasteiger partial charge in [-0.2, -0.15) is 0 Å². The van der Waals surface area contributed by atoms with E-state index in [0.29, 0.717) is 6.04 Å². The number of aromatic nitrogens is 1. The minimum atomic E-state index is 0.463. The third-order valence-electron chi connectivity index (χ3n) is 4.51. The van der Waals surface area contributed by atoms with Gasteiger partial charge in [0, 0.05) is 35.6 Å². The van der Waals surface area contributed by atoms with E-state index in [9.17, 15) is 0 Å². The maximum absolute atomic E-state index is 3.70. The quantitative estimate of drug-likeness (QED) is 0.744. The lowest BCUT2D eigenvalue weighted by Gasteiger charge is -2.25. The second kappa shape index (κ2) is 5.38. The molecule has 0 aliphatic carbocycles. The van der Waals surface area contributed by atoms with Gasteiger partial charge in [-0.3, -0.25) is 0 Å². The van der Waals surface area contributed by atoms with Crippen molar-refractivity contribution in [3.8, 4) is 0 Å². The molecule has 2 heterocycles. The zero-order chi connectivity index (χ0) is 14.1. The SMILES string of the molecule is c1ccc(CCC2NCCc3[nH]c4ccccc4c32)cc1. The van der Waals surface area contributed by atoms with Gasteiger partial charge >= 0.3 is 0 Å². The molecule has 4 rings (SSSR count). The molecule has 0 saturated heterocycles. The van der Waals surface area contributed by atoms with Crippen LogP contribution < -0.4 is 5.32 Å². The molecule has 1 atom stereocenters. The number of fused-ring (bicyclic) bond motifs is 3. The summed E-state index contributed by atoms with van der Waals surface area (Å²) in [5, 5.41) is 5.09. The average Bonchev–Trinajstić information content (AvgIpc) is 2.93. The Morgan fingerprint density at radius 1 is 0.952 bits per heavy atom. The van der Waals surface area contributed by atoms with Crippen molar-refractivity contribution in [3.63, 3.8) is 0 Å². The summed E-state index contributed by atoms with van der Waals surface area (Å²) in [4.78, 5) is 3.60. The van der Waals surface area contributed by atoms with Gasteiger partial charge in [-0.25, -0.2) is 0 Å². The van der Waals surface area contributed by atoms with Crippen LogP contribution in [0.4, 0.5) is 0 Å². The molecule has 0 amide bonds. The van der Waals surface area contributed by atoms with Crippen LogP contribution in [0.2, 0.25) is 0 Å². The van der Waals surface area contributed by atoms with E-state index in [0.717, 1.165) is 25.8 Å². The van der Waals surface area contributed by atoms with Crippen LogP contribution in [0.25, 0.3) is 10.9 Å². The van der Waals surface area contributed by atoms with Crippen LogP contribution in [0.1, 0.15) is 29.3 Å². The second-order valence-corrected chi connectivity index (χ2v) is 5.84. The van der Waals surface area contributed by atoms with Crippen molar-refractivity contribution in [3.05, 3.63) is 71.4 Å². The molecule has 3 aromatic rings. The number of benzene rings is 2. The van der Waals surface area contributed by atoms with Gasteiger partial charge in [-0.15, -0.1) is 0 Å². The summed E-state index contributed by atoms with van der Waals surface area (Å²) < 4.78 is 0. The Morgan fingerprint density at radius 3 is 2.67 bits per heavy atom. The molecule has 2 nitrogen and oxygen atoms in total. The van der Waals surface area contributed by atoms with Crippen LogP contribution in [-0.4, -0.2) is 11.5 Å². The van der Waals surface area contributed by atoms with E-state index in [2.05, 4.69) is 64.9 Å². The lowest BCUT2D eigenvalue weighted by atomic mass is 9.93. The van der Waals surface area contributed by atoms with E-state index in [1.165, 1.54) is 27.7 Å². The zero-order valence-corrected chi connectivity index (χ0v) is 12.1. The summed E-state index contributed by atoms with van der Waals surface area (Å²) in [5.74, 6) is 0. The average molecular weight is 276 g/mol. The third kappa shape index (κ3) is 2.36. The Balaban J connectivity index is 1.63. The van der Waals surface area contributed by atoms with Gasteiger partial charge in [0.25, 0.3) is 0 Å². The van der Waals surface area contributed by atoms with Crippen LogP contribution in [0.15, 0.2) is 54.6 Å². The molecule has 2 N–H and O–H groups in total. The standard InChI is InChI=1S/C19H20N2/c1-2-6-14(7-3-1)10-11-17-19-15-8-4-5-9-16(15)21-18(19)12-13-20-17/h1-9,17,20-21H,10-13H2. The second-order valence-electron chi connectivity index (χ2n) is 5.84. The minimum Gasteiger partial charge on any atom is -0.358 e. The van der Waals surface area contributed by atoms with Crippen molar-refractivity contribution in [1.82, 2.24) is 10.3 Å². The molecule has 21 heavy (non-hydrogen) atoms. The predicted octanol–water partition coefficient (Wildman–Crippen LogP) is 3.99. The first-order valence-corrected chi connectivity index (χ1v) is 7.78. The van der Waals surface area contributed by atoms with E-state index >= 15 is 0 Å². The van der Waals surface area contributed by atoms with Crippen LogP contribution in [0, 0.1) is 0 Å².